The van der Waals surface area contributed by atoms with Crippen LogP contribution in [0.4, 0.5) is 0 Å². The number of benzene rings is 1. The van der Waals surface area contributed by atoms with Gasteiger partial charge in [-0.3, -0.25) is 4.79 Å². The fourth-order valence-electron chi connectivity index (χ4n) is 3.01. The van der Waals surface area contributed by atoms with E-state index in [1.165, 1.54) is 7.05 Å². The van der Waals surface area contributed by atoms with Gasteiger partial charge in [-0.05, 0) is 50.6 Å². The Morgan fingerprint density at radius 2 is 2.00 bits per heavy atom. The molecule has 1 aromatic carbocycles. The molecule has 0 aromatic heterocycles. The third-order valence-corrected chi connectivity index (χ3v) is 5.82. The molecule has 6 nitrogen and oxygen atoms in total. The minimum absolute atomic E-state index is 0. The van der Waals surface area contributed by atoms with Crippen molar-refractivity contribution in [3.63, 3.8) is 0 Å². The highest BCUT2D eigenvalue weighted by Gasteiger charge is 2.25. The lowest BCUT2D eigenvalue weighted by atomic mass is 10.1. The molecule has 1 heterocycles. The second-order valence-electron chi connectivity index (χ2n) is 6.09. The summed E-state index contributed by atoms with van der Waals surface area (Å²) < 4.78 is 25.7. The van der Waals surface area contributed by atoms with E-state index < -0.39 is 10.0 Å². The number of aryl methyl sites for hydroxylation is 1. The maximum atomic E-state index is 12.6. The van der Waals surface area contributed by atoms with E-state index in [1.54, 1.807) is 24.3 Å². The molecule has 0 saturated carbocycles. The molecule has 142 valence electrons. The second kappa shape index (κ2) is 10.1. The van der Waals surface area contributed by atoms with Gasteiger partial charge in [0.2, 0.25) is 15.9 Å². The van der Waals surface area contributed by atoms with Crippen LogP contribution < -0.4 is 10.0 Å². The molecule has 1 aromatic rings. The Balaban J connectivity index is 0.00000312. The van der Waals surface area contributed by atoms with E-state index in [0.717, 1.165) is 38.0 Å². The molecule has 2 rings (SSSR count). The van der Waals surface area contributed by atoms with Crippen LogP contribution in [0.2, 0.25) is 0 Å². The summed E-state index contributed by atoms with van der Waals surface area (Å²) in [5.74, 6) is 0.178. The van der Waals surface area contributed by atoms with Crippen LogP contribution >= 0.6 is 12.4 Å². The summed E-state index contributed by atoms with van der Waals surface area (Å²) in [7, 11) is -2.02. The summed E-state index contributed by atoms with van der Waals surface area (Å²) in [5.41, 5.74) is 0.972. The Hall–Kier alpha value is -1.15. The topological polar surface area (TPSA) is 78.5 Å². The van der Waals surface area contributed by atoms with E-state index in [0.29, 0.717) is 18.9 Å². The summed E-state index contributed by atoms with van der Waals surface area (Å²) in [6.07, 6.45) is 3.05. The van der Waals surface area contributed by atoms with Crippen molar-refractivity contribution in [1.29, 1.82) is 0 Å². The normalized spacial score (nSPS) is 17.1. The minimum Gasteiger partial charge on any atom is -0.338 e. The van der Waals surface area contributed by atoms with Crippen molar-refractivity contribution in [1.82, 2.24) is 14.9 Å². The SMILES string of the molecule is CCCN(C(=O)CCc1ccc(S(=O)(=O)NC)cc1)C1CCNC1.Cl. The third kappa shape index (κ3) is 5.95. The zero-order valence-electron chi connectivity index (χ0n) is 14.8. The first-order chi connectivity index (χ1) is 11.5. The molecule has 0 aliphatic carbocycles. The monoisotopic (exact) mass is 389 g/mol. The molecule has 8 heteroatoms. The van der Waals surface area contributed by atoms with Crippen LogP contribution in [0.3, 0.4) is 0 Å². The van der Waals surface area contributed by atoms with Gasteiger partial charge in [0.15, 0.2) is 0 Å². The van der Waals surface area contributed by atoms with Crippen LogP contribution in [0, 0.1) is 0 Å². The van der Waals surface area contributed by atoms with Gasteiger partial charge < -0.3 is 10.2 Å². The van der Waals surface area contributed by atoms with Gasteiger partial charge in [0.05, 0.1) is 4.90 Å². The molecule has 1 saturated heterocycles. The summed E-state index contributed by atoms with van der Waals surface area (Å²) in [5, 5.41) is 3.31. The summed E-state index contributed by atoms with van der Waals surface area (Å²) in [4.78, 5) is 14.8. The van der Waals surface area contributed by atoms with Gasteiger partial charge in [0.25, 0.3) is 0 Å². The van der Waals surface area contributed by atoms with Gasteiger partial charge in [-0.15, -0.1) is 12.4 Å². The molecule has 1 atom stereocenters. The lowest BCUT2D eigenvalue weighted by molar-refractivity contribution is -0.133. The average Bonchev–Trinajstić information content (AvgIpc) is 3.12. The van der Waals surface area contributed by atoms with E-state index in [1.807, 2.05) is 4.90 Å². The van der Waals surface area contributed by atoms with Gasteiger partial charge in [-0.2, -0.15) is 0 Å². The quantitative estimate of drug-likeness (QED) is 0.707. The molecule has 0 radical (unpaired) electrons. The third-order valence-electron chi connectivity index (χ3n) is 4.39. The molecule has 1 fully saturated rings. The molecule has 2 N–H and O–H groups in total. The molecular formula is C17H28ClN3O3S. The first kappa shape index (κ1) is 21.9. The fourth-order valence-corrected chi connectivity index (χ4v) is 3.74. The van der Waals surface area contributed by atoms with Crippen molar-refractivity contribution < 1.29 is 13.2 Å². The Bertz CT molecular complexity index is 644. The Morgan fingerprint density at radius 3 is 2.52 bits per heavy atom. The molecule has 0 spiro atoms. The molecule has 1 unspecified atom stereocenters. The van der Waals surface area contributed by atoms with Crippen LogP contribution in [0.25, 0.3) is 0 Å². The predicted octanol–water partition coefficient (Wildman–Crippen LogP) is 1.55. The predicted molar refractivity (Wildman–Crippen MR) is 102 cm³/mol. The number of carbonyl (C=O) groups excluding carboxylic acids is 1. The summed E-state index contributed by atoms with van der Waals surface area (Å²) in [6.45, 7) is 4.73. The average molecular weight is 390 g/mol. The number of hydrogen-bond acceptors (Lipinski definition) is 4. The summed E-state index contributed by atoms with van der Waals surface area (Å²) >= 11 is 0. The fraction of sp³-hybridized carbons (Fsp3) is 0.588. The van der Waals surface area contributed by atoms with E-state index in [9.17, 15) is 13.2 Å². The molecule has 1 amide bonds. The highest BCUT2D eigenvalue weighted by Crippen LogP contribution is 2.15. The van der Waals surface area contributed by atoms with Gasteiger partial charge in [0, 0.05) is 25.6 Å². The van der Waals surface area contributed by atoms with Crippen molar-refractivity contribution in [3.05, 3.63) is 29.8 Å². The van der Waals surface area contributed by atoms with Gasteiger partial charge >= 0.3 is 0 Å². The lowest BCUT2D eigenvalue weighted by Crippen LogP contribution is -2.42. The minimum atomic E-state index is -3.41. The molecule has 1 aliphatic rings. The van der Waals surface area contributed by atoms with E-state index in [4.69, 9.17) is 0 Å². The number of nitrogens with zero attached hydrogens (tertiary/aromatic N) is 1. The Labute approximate surface area is 156 Å². The first-order valence-electron chi connectivity index (χ1n) is 8.50. The number of halogens is 1. The van der Waals surface area contributed by atoms with Crippen molar-refractivity contribution in [2.24, 2.45) is 0 Å². The zero-order valence-corrected chi connectivity index (χ0v) is 16.5. The smallest absolute Gasteiger partial charge is 0.240 e. The highest BCUT2D eigenvalue weighted by atomic mass is 35.5. The van der Waals surface area contributed by atoms with Crippen molar-refractivity contribution in [2.45, 2.75) is 43.5 Å². The Morgan fingerprint density at radius 1 is 1.32 bits per heavy atom. The van der Waals surface area contributed by atoms with Crippen molar-refractivity contribution in [2.75, 3.05) is 26.7 Å². The van der Waals surface area contributed by atoms with Crippen LogP contribution in [0.15, 0.2) is 29.2 Å². The maximum absolute atomic E-state index is 12.6. The van der Waals surface area contributed by atoms with Crippen LogP contribution in [-0.4, -0.2) is 51.9 Å². The van der Waals surface area contributed by atoms with Crippen molar-refractivity contribution >= 4 is 28.3 Å². The van der Waals surface area contributed by atoms with E-state index >= 15 is 0 Å². The maximum Gasteiger partial charge on any atom is 0.240 e. The van der Waals surface area contributed by atoms with Gasteiger partial charge in [-0.1, -0.05) is 19.1 Å². The molecule has 25 heavy (non-hydrogen) atoms. The van der Waals surface area contributed by atoms with Crippen LogP contribution in [-0.2, 0) is 21.2 Å². The number of amides is 1. The Kier molecular flexibility index (Phi) is 8.85. The van der Waals surface area contributed by atoms with E-state index in [2.05, 4.69) is 17.0 Å². The number of hydrogen-bond donors (Lipinski definition) is 2. The second-order valence-corrected chi connectivity index (χ2v) is 7.97. The molecule has 0 bridgehead atoms. The lowest BCUT2D eigenvalue weighted by Gasteiger charge is -2.28. The van der Waals surface area contributed by atoms with Crippen LogP contribution in [0.1, 0.15) is 31.7 Å². The summed E-state index contributed by atoms with van der Waals surface area (Å²) in [6, 6.07) is 7.02. The standard InChI is InChI=1S/C17H27N3O3S.ClH/c1-3-12-20(15-10-11-19-13-15)17(21)9-6-14-4-7-16(8-5-14)24(22,23)18-2;/h4-5,7-8,15,18-19H,3,6,9-13H2,1-2H3;1H. The number of nitrogens with one attached hydrogen (secondary N) is 2. The van der Waals surface area contributed by atoms with Gasteiger partial charge in [-0.25, -0.2) is 13.1 Å². The molecule has 1 aliphatic heterocycles. The number of rotatable bonds is 8. The largest absolute Gasteiger partial charge is 0.338 e. The molecular weight excluding hydrogens is 362 g/mol. The van der Waals surface area contributed by atoms with Crippen molar-refractivity contribution in [3.8, 4) is 0 Å². The zero-order chi connectivity index (χ0) is 17.6. The van der Waals surface area contributed by atoms with Crippen LogP contribution in [0.5, 0.6) is 0 Å². The highest BCUT2D eigenvalue weighted by molar-refractivity contribution is 7.89. The van der Waals surface area contributed by atoms with E-state index in [-0.39, 0.29) is 23.2 Å². The van der Waals surface area contributed by atoms with Gasteiger partial charge in [0.1, 0.15) is 0 Å². The number of carbonyl (C=O) groups is 1. The number of sulfonamides is 1. The first-order valence-corrected chi connectivity index (χ1v) is 9.99.